The van der Waals surface area contributed by atoms with Crippen molar-refractivity contribution in [1.82, 2.24) is 5.06 Å². The third-order valence-electron chi connectivity index (χ3n) is 4.95. The van der Waals surface area contributed by atoms with Crippen molar-refractivity contribution >= 4 is 32.7 Å². The van der Waals surface area contributed by atoms with E-state index in [1.54, 1.807) is 13.8 Å². The molecule has 0 aliphatic carbocycles. The minimum atomic E-state index is -7.37. The van der Waals surface area contributed by atoms with Gasteiger partial charge >= 0.3 is 33.1 Å². The summed E-state index contributed by atoms with van der Waals surface area (Å²) in [6.07, 6.45) is -0.454. The number of hydrogen-bond donors (Lipinski definition) is 0. The zero-order valence-electron chi connectivity index (χ0n) is 18.3. The molecule has 16 heteroatoms. The lowest BCUT2D eigenvalue weighted by molar-refractivity contribution is -0.344. The highest BCUT2D eigenvalue weighted by Crippen LogP contribution is 2.54. The molecule has 198 valence electrons. The van der Waals surface area contributed by atoms with Gasteiger partial charge in [0, 0.05) is 12.3 Å². The maximum atomic E-state index is 14.2. The summed E-state index contributed by atoms with van der Waals surface area (Å²) in [6.45, 7) is 2.35. The first kappa shape index (κ1) is 27.6. The van der Waals surface area contributed by atoms with E-state index in [2.05, 4.69) is 4.28 Å². The van der Waals surface area contributed by atoms with Crippen LogP contribution < -0.4 is 4.74 Å². The highest BCUT2D eigenvalue weighted by Gasteiger charge is 2.84. The minimum absolute atomic E-state index is 0.00293. The number of hydrogen-bond acceptors (Lipinski definition) is 6. The van der Waals surface area contributed by atoms with Crippen molar-refractivity contribution in [2.75, 3.05) is 0 Å². The van der Waals surface area contributed by atoms with E-state index < -0.39 is 74.2 Å². The number of ether oxygens (including phenoxy) is 1. The van der Waals surface area contributed by atoms with Crippen molar-refractivity contribution in [3.05, 3.63) is 41.5 Å². The van der Waals surface area contributed by atoms with Gasteiger partial charge in [-0.15, -0.1) is 9.35 Å². The molecule has 0 aromatic heterocycles. The Balaban J connectivity index is 2.10. The van der Waals surface area contributed by atoms with Crippen LogP contribution in [0.5, 0.6) is 5.75 Å². The Morgan fingerprint density at radius 1 is 0.861 bits per heavy atom. The summed E-state index contributed by atoms with van der Waals surface area (Å²) in [5, 5.41) is -7.79. The number of carbonyl (C=O) groups excluding carboxylic acids is 2. The van der Waals surface area contributed by atoms with Gasteiger partial charge in [0.2, 0.25) is 0 Å². The van der Waals surface area contributed by atoms with E-state index in [4.69, 9.17) is 4.74 Å². The van der Waals surface area contributed by atoms with Crippen molar-refractivity contribution in [1.29, 1.82) is 0 Å². The van der Waals surface area contributed by atoms with E-state index in [9.17, 15) is 53.1 Å². The number of hydroxylamine groups is 2. The summed E-state index contributed by atoms with van der Waals surface area (Å²) in [6, 6.07) is 6.00. The number of imide groups is 1. The third-order valence-corrected chi connectivity index (χ3v) is 6.18. The molecule has 0 saturated heterocycles. The predicted octanol–water partition coefficient (Wildman–Crippen LogP) is 5.00. The van der Waals surface area contributed by atoms with Crippen LogP contribution in [0.1, 0.15) is 41.5 Å². The summed E-state index contributed by atoms with van der Waals surface area (Å²) >= 11 is 0. The van der Waals surface area contributed by atoms with Gasteiger partial charge in [0.15, 0.2) is 0 Å². The van der Waals surface area contributed by atoms with Gasteiger partial charge in [-0.2, -0.15) is 43.5 Å². The fourth-order valence-electron chi connectivity index (χ4n) is 3.23. The average Bonchev–Trinajstić information content (AvgIpc) is 2.73. The molecule has 0 atom stereocenters. The molecule has 1 aliphatic rings. The average molecular weight is 549 g/mol. The largest absolute Gasteiger partial charge is 0.491 e. The summed E-state index contributed by atoms with van der Waals surface area (Å²) in [7, 11) is -7.37. The molecule has 2 aromatic rings. The van der Waals surface area contributed by atoms with Crippen LogP contribution in [0.25, 0.3) is 10.8 Å². The first-order valence-corrected chi connectivity index (χ1v) is 11.2. The lowest BCUT2D eigenvalue weighted by atomic mass is 9.94. The van der Waals surface area contributed by atoms with Crippen LogP contribution in [0.4, 0.5) is 35.1 Å². The SMILES string of the molecule is CC(C)Oc1cc2c3c(cccc3c1)C(=O)N(OS(=O)(=O)C(F)(F)C(F)(F)C(F)(F)C(C)(F)F)C2=O. The molecule has 0 radical (unpaired) electrons. The van der Waals surface area contributed by atoms with E-state index in [0.29, 0.717) is 0 Å². The molecule has 1 aliphatic heterocycles. The first-order chi connectivity index (χ1) is 16.2. The van der Waals surface area contributed by atoms with Crippen LogP contribution >= 0.6 is 0 Å². The van der Waals surface area contributed by atoms with Crippen LogP contribution in [-0.4, -0.2) is 54.4 Å². The number of amides is 2. The zero-order chi connectivity index (χ0) is 27.6. The molecular formula is C20H15F8NO6S. The number of nitrogens with zero attached hydrogens (tertiary/aromatic N) is 1. The van der Waals surface area contributed by atoms with Crippen molar-refractivity contribution in [2.45, 2.75) is 49.9 Å². The van der Waals surface area contributed by atoms with Gasteiger partial charge in [0.1, 0.15) is 5.75 Å². The van der Waals surface area contributed by atoms with Crippen LogP contribution in [0.3, 0.4) is 0 Å². The standard InChI is InChI=1S/C20H15F8NO6S/c1-9(2)34-11-7-10-5-4-6-12-14(10)13(8-11)16(31)29(15(12)30)35-36(32,33)20(27,28)19(25,26)18(23,24)17(3,21)22/h4-9H,1-3H3. The number of carbonyl (C=O) groups is 2. The zero-order valence-corrected chi connectivity index (χ0v) is 19.1. The molecule has 2 aromatic carbocycles. The summed E-state index contributed by atoms with van der Waals surface area (Å²) < 4.78 is 142. The first-order valence-electron chi connectivity index (χ1n) is 9.75. The Hall–Kier alpha value is -3.01. The number of halogens is 8. The fraction of sp³-hybridized carbons (Fsp3) is 0.400. The molecule has 7 nitrogen and oxygen atoms in total. The Morgan fingerprint density at radius 3 is 1.94 bits per heavy atom. The van der Waals surface area contributed by atoms with E-state index in [1.807, 2.05) is 0 Å². The Labute approximate surface area is 197 Å². The van der Waals surface area contributed by atoms with Gasteiger partial charge in [0.05, 0.1) is 17.2 Å². The van der Waals surface area contributed by atoms with Crippen LogP contribution in [0.15, 0.2) is 30.3 Å². The molecule has 0 fully saturated rings. The molecule has 1 heterocycles. The normalized spacial score (nSPS) is 15.7. The van der Waals surface area contributed by atoms with Crippen LogP contribution in [0, 0.1) is 0 Å². The second kappa shape index (κ2) is 8.26. The van der Waals surface area contributed by atoms with Crippen LogP contribution in [0.2, 0.25) is 0 Å². The molecular weight excluding hydrogens is 534 g/mol. The summed E-state index contributed by atoms with van der Waals surface area (Å²) in [5.74, 6) is -23.4. The molecule has 0 spiro atoms. The minimum Gasteiger partial charge on any atom is -0.491 e. The Kier molecular flexibility index (Phi) is 6.33. The van der Waals surface area contributed by atoms with Crippen molar-refractivity contribution in [2.24, 2.45) is 0 Å². The van der Waals surface area contributed by atoms with Crippen molar-refractivity contribution in [3.63, 3.8) is 0 Å². The number of alkyl halides is 8. The maximum Gasteiger partial charge on any atom is 0.440 e. The molecule has 2 amide bonds. The van der Waals surface area contributed by atoms with Gasteiger partial charge in [-0.05, 0) is 37.4 Å². The second-order valence-electron chi connectivity index (χ2n) is 8.03. The number of rotatable bonds is 8. The molecule has 0 saturated carbocycles. The maximum absolute atomic E-state index is 14.2. The fourth-order valence-corrected chi connectivity index (χ4v) is 4.09. The smallest absolute Gasteiger partial charge is 0.440 e. The van der Waals surface area contributed by atoms with Gasteiger partial charge in [-0.25, -0.2) is 0 Å². The van der Waals surface area contributed by atoms with E-state index in [-0.39, 0.29) is 16.5 Å². The van der Waals surface area contributed by atoms with Crippen molar-refractivity contribution in [3.8, 4) is 5.75 Å². The van der Waals surface area contributed by atoms with Gasteiger partial charge < -0.3 is 4.74 Å². The summed E-state index contributed by atoms with van der Waals surface area (Å²) in [5.41, 5.74) is -1.05. The quantitative estimate of drug-likeness (QED) is 0.340. The summed E-state index contributed by atoms with van der Waals surface area (Å²) in [4.78, 5) is 25.5. The van der Waals surface area contributed by atoms with Gasteiger partial charge in [0.25, 0.3) is 11.8 Å². The molecule has 36 heavy (non-hydrogen) atoms. The van der Waals surface area contributed by atoms with E-state index in [0.717, 1.165) is 12.1 Å². The van der Waals surface area contributed by atoms with Gasteiger partial charge in [-0.1, -0.05) is 12.1 Å². The molecule has 3 rings (SSSR count). The molecule has 0 bridgehead atoms. The third kappa shape index (κ3) is 3.95. The monoisotopic (exact) mass is 549 g/mol. The highest BCUT2D eigenvalue weighted by molar-refractivity contribution is 7.87. The second-order valence-corrected chi connectivity index (χ2v) is 9.60. The molecule has 0 N–H and O–H groups in total. The number of benzene rings is 2. The Bertz CT molecular complexity index is 1350. The molecule has 0 unspecified atom stereocenters. The lowest BCUT2D eigenvalue weighted by Crippen LogP contribution is -2.64. The lowest BCUT2D eigenvalue weighted by Gasteiger charge is -2.35. The van der Waals surface area contributed by atoms with E-state index >= 15 is 0 Å². The van der Waals surface area contributed by atoms with Gasteiger partial charge in [-0.3, -0.25) is 9.59 Å². The van der Waals surface area contributed by atoms with Crippen molar-refractivity contribution < 1.29 is 62.2 Å². The Morgan fingerprint density at radius 2 is 1.42 bits per heavy atom. The predicted molar refractivity (Wildman–Crippen MR) is 106 cm³/mol. The highest BCUT2D eigenvalue weighted by atomic mass is 32.2. The van der Waals surface area contributed by atoms with E-state index in [1.165, 1.54) is 18.2 Å². The van der Waals surface area contributed by atoms with Crippen LogP contribution in [-0.2, 0) is 14.4 Å². The topological polar surface area (TPSA) is 90.0 Å².